The van der Waals surface area contributed by atoms with Crippen LogP contribution in [-0.2, 0) is 14.4 Å². The number of carbonyl (C=O) groups is 3. The second kappa shape index (κ2) is 10.8. The lowest BCUT2D eigenvalue weighted by molar-refractivity contribution is -0.138. The van der Waals surface area contributed by atoms with Gasteiger partial charge >= 0.3 is 0 Å². The molecular weight excluding hydrogens is 382 g/mol. The highest BCUT2D eigenvalue weighted by Gasteiger charge is 2.35. The number of hydrogen-bond acceptors (Lipinski definition) is 5. The maximum absolute atomic E-state index is 13.1. The van der Waals surface area contributed by atoms with Crippen molar-refractivity contribution in [3.8, 4) is 0 Å². The van der Waals surface area contributed by atoms with E-state index in [2.05, 4.69) is 12.2 Å². The van der Waals surface area contributed by atoms with Gasteiger partial charge in [-0.15, -0.1) is 0 Å². The molecule has 0 spiro atoms. The summed E-state index contributed by atoms with van der Waals surface area (Å²) in [5.41, 5.74) is 7.70. The van der Waals surface area contributed by atoms with Crippen LogP contribution in [0.4, 0.5) is 0 Å². The van der Waals surface area contributed by atoms with Crippen molar-refractivity contribution in [1.29, 1.82) is 0 Å². The predicted octanol–water partition coefficient (Wildman–Crippen LogP) is 1.16. The molecule has 8 nitrogen and oxygen atoms in total. The van der Waals surface area contributed by atoms with Gasteiger partial charge in [0.25, 0.3) is 5.91 Å². The molecule has 1 heterocycles. The van der Waals surface area contributed by atoms with Gasteiger partial charge in [-0.25, -0.2) is 5.84 Å². The average Bonchev–Trinajstić information content (AvgIpc) is 2.71. The third-order valence-corrected chi connectivity index (χ3v) is 5.31. The van der Waals surface area contributed by atoms with Gasteiger partial charge < -0.3 is 21.0 Å². The van der Waals surface area contributed by atoms with Crippen LogP contribution in [0.3, 0.4) is 0 Å². The maximum atomic E-state index is 13.1. The number of nitrogens with one attached hydrogen (secondary N) is 1. The lowest BCUT2D eigenvalue weighted by Gasteiger charge is -2.41. The van der Waals surface area contributed by atoms with E-state index in [-0.39, 0.29) is 31.0 Å². The van der Waals surface area contributed by atoms with Gasteiger partial charge in [0.1, 0.15) is 5.70 Å². The minimum atomic E-state index is -0.630. The van der Waals surface area contributed by atoms with E-state index >= 15 is 0 Å². The molecule has 164 valence electrons. The normalized spacial score (nSPS) is 19.1. The van der Waals surface area contributed by atoms with E-state index in [0.717, 1.165) is 24.8 Å². The Kier molecular flexibility index (Phi) is 8.41. The molecule has 30 heavy (non-hydrogen) atoms. The largest absolute Gasteiger partial charge is 0.368 e. The van der Waals surface area contributed by atoms with Crippen LogP contribution in [0.15, 0.2) is 36.0 Å². The highest BCUT2D eigenvalue weighted by molar-refractivity contribution is 5.96. The number of piperazine rings is 1. The highest BCUT2D eigenvalue weighted by atomic mass is 16.2. The van der Waals surface area contributed by atoms with Gasteiger partial charge in [-0.2, -0.15) is 0 Å². The molecule has 1 saturated heterocycles. The van der Waals surface area contributed by atoms with Gasteiger partial charge in [-0.1, -0.05) is 56.5 Å². The van der Waals surface area contributed by atoms with Crippen LogP contribution in [0.1, 0.15) is 50.2 Å². The zero-order chi connectivity index (χ0) is 22.3. The Labute approximate surface area is 178 Å². The van der Waals surface area contributed by atoms with Crippen molar-refractivity contribution in [3.63, 3.8) is 0 Å². The molecule has 5 N–H and O–H groups in total. The van der Waals surface area contributed by atoms with Crippen molar-refractivity contribution >= 4 is 17.7 Å². The molecule has 2 rings (SSSR count). The first-order valence-corrected chi connectivity index (χ1v) is 10.4. The molecule has 1 aromatic rings. The van der Waals surface area contributed by atoms with Crippen molar-refractivity contribution in [2.45, 2.75) is 52.0 Å². The molecular formula is C22H33N5O3. The number of nitrogens with two attached hydrogens (primary N) is 2. The number of allylic oxidation sites excluding steroid dienone is 1. The maximum Gasteiger partial charge on any atom is 0.271 e. The molecule has 2 atom stereocenters. The summed E-state index contributed by atoms with van der Waals surface area (Å²) in [6.07, 6.45) is 4.65. The van der Waals surface area contributed by atoms with Crippen molar-refractivity contribution in [3.05, 3.63) is 47.2 Å². The summed E-state index contributed by atoms with van der Waals surface area (Å²) in [6, 6.07) is 8.06. The van der Waals surface area contributed by atoms with Crippen molar-refractivity contribution in [2.24, 2.45) is 11.6 Å². The number of primary amides is 1. The second-order valence-electron chi connectivity index (χ2n) is 7.88. The Morgan fingerprint density at radius 2 is 1.97 bits per heavy atom. The summed E-state index contributed by atoms with van der Waals surface area (Å²) in [7, 11) is 0. The third kappa shape index (κ3) is 6.32. The van der Waals surface area contributed by atoms with Crippen molar-refractivity contribution in [1.82, 2.24) is 15.2 Å². The molecule has 1 aromatic carbocycles. The Morgan fingerprint density at radius 1 is 1.30 bits per heavy atom. The summed E-state index contributed by atoms with van der Waals surface area (Å²) in [6.45, 7) is 6.10. The molecule has 0 aromatic heterocycles. The molecule has 0 bridgehead atoms. The Balaban J connectivity index is 2.23. The number of unbranched alkanes of at least 4 members (excludes halogenated alkanes) is 1. The monoisotopic (exact) mass is 415 g/mol. The molecule has 8 heteroatoms. The van der Waals surface area contributed by atoms with Crippen molar-refractivity contribution in [2.75, 3.05) is 19.6 Å². The van der Waals surface area contributed by atoms with Crippen LogP contribution in [0.5, 0.6) is 0 Å². The van der Waals surface area contributed by atoms with Crippen LogP contribution in [-0.4, -0.2) is 53.3 Å². The van der Waals surface area contributed by atoms with E-state index in [1.165, 1.54) is 10.5 Å². The number of benzene rings is 1. The number of amides is 3. The van der Waals surface area contributed by atoms with Crippen LogP contribution < -0.4 is 16.9 Å². The average molecular weight is 416 g/mol. The number of aryl methyl sites for hydroxylation is 1. The standard InChI is InChI=1S/C22H33N5O3/c1-4-5-6-18-13-26(14-21(29)25-12-20(23)28)22(30)19(27(18)24)11-16(3)17-9-7-15(2)8-10-17/h7-11,16,18H,4-6,12-14,24H2,1-3H3,(H2,23,28)(H,25,29)/b19-11-. The molecule has 0 aliphatic carbocycles. The summed E-state index contributed by atoms with van der Waals surface area (Å²) >= 11 is 0. The number of hydrogen-bond donors (Lipinski definition) is 3. The highest BCUT2D eigenvalue weighted by Crippen LogP contribution is 2.25. The number of carbonyl (C=O) groups excluding carboxylic acids is 3. The minimum Gasteiger partial charge on any atom is -0.368 e. The Morgan fingerprint density at radius 3 is 2.57 bits per heavy atom. The van der Waals surface area contributed by atoms with Crippen LogP contribution in [0.2, 0.25) is 0 Å². The predicted molar refractivity (Wildman–Crippen MR) is 116 cm³/mol. The van der Waals surface area contributed by atoms with Gasteiger partial charge in [0.15, 0.2) is 0 Å². The fraction of sp³-hybridized carbons (Fsp3) is 0.500. The fourth-order valence-electron chi connectivity index (χ4n) is 3.48. The van der Waals surface area contributed by atoms with E-state index in [4.69, 9.17) is 11.6 Å². The summed E-state index contributed by atoms with van der Waals surface area (Å²) in [5.74, 6) is 4.98. The zero-order valence-electron chi connectivity index (χ0n) is 18.1. The number of nitrogens with zero attached hydrogens (tertiary/aromatic N) is 2. The first-order valence-electron chi connectivity index (χ1n) is 10.4. The van der Waals surface area contributed by atoms with E-state index in [9.17, 15) is 14.4 Å². The zero-order valence-corrected chi connectivity index (χ0v) is 18.1. The van der Waals surface area contributed by atoms with E-state index in [1.807, 2.05) is 44.2 Å². The summed E-state index contributed by atoms with van der Waals surface area (Å²) in [4.78, 5) is 37.7. The van der Waals surface area contributed by atoms with E-state index in [1.54, 1.807) is 5.01 Å². The molecule has 0 saturated carbocycles. The first kappa shape index (κ1) is 23.4. The van der Waals surface area contributed by atoms with Gasteiger partial charge in [0.2, 0.25) is 11.8 Å². The molecule has 1 fully saturated rings. The fourth-order valence-corrected chi connectivity index (χ4v) is 3.48. The SMILES string of the molecule is CCCCC1CN(CC(=O)NCC(N)=O)C(=O)/C(=C/C(C)c2ccc(C)cc2)N1N. The quantitative estimate of drug-likeness (QED) is 0.413. The summed E-state index contributed by atoms with van der Waals surface area (Å²) < 4.78 is 0. The topological polar surface area (TPSA) is 122 Å². The second-order valence-corrected chi connectivity index (χ2v) is 7.88. The van der Waals surface area contributed by atoms with Gasteiger partial charge in [-0.3, -0.25) is 14.4 Å². The third-order valence-electron chi connectivity index (χ3n) is 5.31. The molecule has 3 amide bonds. The Bertz CT molecular complexity index is 790. The molecule has 2 unspecified atom stereocenters. The van der Waals surface area contributed by atoms with Crippen molar-refractivity contribution < 1.29 is 14.4 Å². The van der Waals surface area contributed by atoms with Gasteiger partial charge in [-0.05, 0) is 25.0 Å². The lowest BCUT2D eigenvalue weighted by atomic mass is 9.97. The van der Waals surface area contributed by atoms with E-state index < -0.39 is 11.8 Å². The van der Waals surface area contributed by atoms with Gasteiger partial charge in [0, 0.05) is 12.5 Å². The number of hydrazine groups is 1. The van der Waals surface area contributed by atoms with Crippen LogP contribution >= 0.6 is 0 Å². The number of rotatable bonds is 9. The van der Waals surface area contributed by atoms with E-state index in [0.29, 0.717) is 12.2 Å². The van der Waals surface area contributed by atoms with Crippen LogP contribution in [0, 0.1) is 6.92 Å². The molecule has 1 aliphatic heterocycles. The minimum absolute atomic E-state index is 0.0222. The molecule has 1 aliphatic rings. The first-order chi connectivity index (χ1) is 14.2. The summed E-state index contributed by atoms with van der Waals surface area (Å²) in [5, 5.41) is 3.99. The smallest absolute Gasteiger partial charge is 0.271 e. The molecule has 0 radical (unpaired) electrons. The van der Waals surface area contributed by atoms with Crippen LogP contribution in [0.25, 0.3) is 0 Å². The van der Waals surface area contributed by atoms with Gasteiger partial charge in [0.05, 0.1) is 19.1 Å². The lowest BCUT2D eigenvalue weighted by Crippen LogP contribution is -2.59. The Hall–Kier alpha value is -2.87.